The maximum atomic E-state index is 8.00. The Labute approximate surface area is 130 Å². The molecule has 0 radical (unpaired) electrons. The first-order chi connectivity index (χ1) is 9.68. The lowest BCUT2D eigenvalue weighted by molar-refractivity contribution is 1.61. The van der Waals surface area contributed by atoms with Crippen molar-refractivity contribution in [2.24, 2.45) is 0 Å². The Morgan fingerprint density at radius 3 is 2.24 bits per heavy atom. The van der Waals surface area contributed by atoms with Crippen LogP contribution in [0.2, 0.25) is 25.1 Å². The van der Waals surface area contributed by atoms with Crippen molar-refractivity contribution in [3.05, 3.63) is 55.3 Å². The van der Waals surface area contributed by atoms with Crippen molar-refractivity contribution in [1.29, 1.82) is 0 Å². The van der Waals surface area contributed by atoms with E-state index < -0.39 is 0 Å². The smallest absolute Gasteiger partial charge is 0.0800 e. The van der Waals surface area contributed by atoms with E-state index in [0.717, 1.165) is 0 Å². The van der Waals surface area contributed by atoms with Crippen LogP contribution in [0.5, 0.6) is 0 Å². The van der Waals surface area contributed by atoms with Crippen LogP contribution in [0.15, 0.2) is 30.2 Å². The molecule has 0 saturated heterocycles. The van der Waals surface area contributed by atoms with Crippen LogP contribution in [-0.2, 0) is 0 Å². The minimum Gasteiger partial charge on any atom is -0.0843 e. The number of rotatable bonds is 1. The molecule has 0 spiro atoms. The summed E-state index contributed by atoms with van der Waals surface area (Å²) in [5, 5.41) is -0.451. The zero-order valence-electron chi connectivity index (χ0n) is 12.0. The van der Waals surface area contributed by atoms with Gasteiger partial charge in [-0.1, -0.05) is 70.1 Å². The molecular formula is C12H5Cl5. The van der Waals surface area contributed by atoms with Crippen LogP contribution >= 0.6 is 58.0 Å². The summed E-state index contributed by atoms with van der Waals surface area (Å²) in [7, 11) is 0. The van der Waals surface area contributed by atoms with Gasteiger partial charge in [-0.15, -0.1) is 0 Å². The molecule has 0 heterocycles. The Bertz CT molecular complexity index is 731. The van der Waals surface area contributed by atoms with E-state index in [4.69, 9.17) is 63.5 Å². The van der Waals surface area contributed by atoms with Gasteiger partial charge in [0.25, 0.3) is 0 Å². The van der Waals surface area contributed by atoms with Gasteiger partial charge >= 0.3 is 0 Å². The maximum absolute atomic E-state index is 8.00. The fraction of sp³-hybridized carbons (Fsp3) is 0. The minimum atomic E-state index is -0.336. The van der Waals surface area contributed by atoms with Gasteiger partial charge in [0, 0.05) is 10.6 Å². The molecule has 0 saturated carbocycles. The van der Waals surface area contributed by atoms with Crippen molar-refractivity contribution < 1.29 is 5.48 Å². The van der Waals surface area contributed by atoms with Crippen molar-refractivity contribution in [1.82, 2.24) is 0 Å². The number of benzene rings is 2. The first kappa shape index (κ1) is 8.90. The molecule has 0 fully saturated rings. The van der Waals surface area contributed by atoms with Gasteiger partial charge in [0.1, 0.15) is 0 Å². The highest BCUT2D eigenvalue weighted by atomic mass is 35.5. The summed E-state index contributed by atoms with van der Waals surface area (Å²) in [6.45, 7) is 0. The molecule has 17 heavy (non-hydrogen) atoms. The van der Waals surface area contributed by atoms with Gasteiger partial charge in [-0.2, -0.15) is 0 Å². The number of halogens is 5. The lowest BCUT2D eigenvalue weighted by Gasteiger charge is -2.09. The average molecular weight is 330 g/mol. The Hall–Kier alpha value is -0.110. The van der Waals surface area contributed by atoms with Gasteiger partial charge < -0.3 is 0 Å². The summed E-state index contributed by atoms with van der Waals surface area (Å²) in [5.41, 5.74) is 0.115. The quantitative estimate of drug-likeness (QED) is 0.407. The third-order valence-electron chi connectivity index (χ3n) is 1.95. The monoisotopic (exact) mass is 328 g/mol. The molecular weight excluding hydrogens is 321 g/mol. The molecule has 2 aromatic carbocycles. The largest absolute Gasteiger partial charge is 0.0843 e. The van der Waals surface area contributed by atoms with E-state index in [0.29, 0.717) is 0 Å². The summed E-state index contributed by atoms with van der Waals surface area (Å²) in [6.07, 6.45) is 0. The van der Waals surface area contributed by atoms with Crippen LogP contribution in [0.4, 0.5) is 0 Å². The van der Waals surface area contributed by atoms with Gasteiger partial charge in [0.15, 0.2) is 0 Å². The Morgan fingerprint density at radius 1 is 0.824 bits per heavy atom. The average Bonchev–Trinajstić information content (AvgIpc) is 2.46. The highest BCUT2D eigenvalue weighted by molar-refractivity contribution is 6.52. The van der Waals surface area contributed by atoms with Crippen LogP contribution in [0.3, 0.4) is 0 Å². The van der Waals surface area contributed by atoms with Crippen molar-refractivity contribution >= 4 is 58.0 Å². The van der Waals surface area contributed by atoms with Gasteiger partial charge in [-0.25, -0.2) is 0 Å². The topological polar surface area (TPSA) is 0 Å². The van der Waals surface area contributed by atoms with Crippen molar-refractivity contribution in [2.75, 3.05) is 0 Å². The molecule has 0 nitrogen and oxygen atoms in total. The van der Waals surface area contributed by atoms with Crippen LogP contribution in [0, 0.1) is 0 Å². The van der Waals surface area contributed by atoms with Gasteiger partial charge in [0.2, 0.25) is 0 Å². The predicted molar refractivity (Wildman–Crippen MR) is 76.9 cm³/mol. The second kappa shape index (κ2) is 5.26. The Morgan fingerprint density at radius 2 is 1.53 bits per heavy atom. The zero-order valence-corrected chi connectivity index (χ0v) is 11.7. The minimum absolute atomic E-state index is 0.0414. The summed E-state index contributed by atoms with van der Waals surface area (Å²) >= 11 is 29.6. The van der Waals surface area contributed by atoms with Crippen LogP contribution in [0.1, 0.15) is 5.48 Å². The molecule has 88 valence electrons. The van der Waals surface area contributed by atoms with Crippen LogP contribution in [0.25, 0.3) is 11.1 Å². The first-order valence-corrected chi connectivity index (χ1v) is 6.16. The van der Waals surface area contributed by atoms with Crippen LogP contribution in [-0.4, -0.2) is 0 Å². The SMILES string of the molecule is [2H]c1cc(-c2c([2H])c(Cl)c(Cl)c(Cl)c2Cl)c([2H])c([2H])c1Cl. The first-order valence-electron chi connectivity index (χ1n) is 6.27. The molecule has 0 unspecified atom stereocenters. The highest BCUT2D eigenvalue weighted by Crippen LogP contribution is 2.42. The van der Waals surface area contributed by atoms with Gasteiger partial charge in [0.05, 0.1) is 25.6 Å². The molecule has 0 amide bonds. The second-order valence-corrected chi connectivity index (χ2v) is 4.91. The third kappa shape index (κ3) is 2.67. The summed E-state index contributed by atoms with van der Waals surface area (Å²) in [5.74, 6) is 0. The Balaban J connectivity index is 2.93. The molecule has 0 aliphatic heterocycles. The number of hydrogen-bond acceptors (Lipinski definition) is 0. The molecule has 0 N–H and O–H groups in total. The van der Waals surface area contributed by atoms with E-state index in [2.05, 4.69) is 0 Å². The molecule has 2 rings (SSSR count). The molecule has 0 aliphatic carbocycles. The summed E-state index contributed by atoms with van der Waals surface area (Å²) in [6, 6.07) is 0.233. The highest BCUT2D eigenvalue weighted by Gasteiger charge is 2.14. The lowest BCUT2D eigenvalue weighted by atomic mass is 10.1. The van der Waals surface area contributed by atoms with E-state index in [1.165, 1.54) is 6.07 Å². The predicted octanol–water partition coefficient (Wildman–Crippen LogP) is 6.62. The second-order valence-electron chi connectivity index (χ2n) is 3.02. The van der Waals surface area contributed by atoms with Crippen molar-refractivity contribution in [3.63, 3.8) is 0 Å². The van der Waals surface area contributed by atoms with Gasteiger partial charge in [-0.05, 0) is 23.7 Å². The fourth-order valence-electron chi connectivity index (χ4n) is 1.17. The van der Waals surface area contributed by atoms with Crippen LogP contribution < -0.4 is 0 Å². The van der Waals surface area contributed by atoms with E-state index in [1.54, 1.807) is 0 Å². The van der Waals surface area contributed by atoms with Gasteiger partial charge in [-0.3, -0.25) is 0 Å². The molecule has 0 aromatic heterocycles. The van der Waals surface area contributed by atoms with E-state index in [9.17, 15) is 0 Å². The van der Waals surface area contributed by atoms with Crippen molar-refractivity contribution in [3.8, 4) is 11.1 Å². The zero-order chi connectivity index (χ0) is 16.1. The maximum Gasteiger partial charge on any atom is 0.0800 e. The summed E-state index contributed by atoms with van der Waals surface area (Å²) in [4.78, 5) is 0. The molecule has 0 atom stereocenters. The van der Waals surface area contributed by atoms with E-state index in [-0.39, 0.29) is 60.4 Å². The van der Waals surface area contributed by atoms with E-state index >= 15 is 0 Å². The third-order valence-corrected chi connectivity index (χ3v) is 3.86. The molecule has 5 heteroatoms. The Kier molecular flexibility index (Phi) is 2.75. The van der Waals surface area contributed by atoms with Crippen molar-refractivity contribution in [2.45, 2.75) is 0 Å². The molecule has 0 aliphatic rings. The summed E-state index contributed by atoms with van der Waals surface area (Å²) < 4.78 is 31.4. The normalized spacial score (nSPS) is 13.9. The molecule has 2 aromatic rings. The van der Waals surface area contributed by atoms with E-state index in [1.807, 2.05) is 0 Å². The number of hydrogen-bond donors (Lipinski definition) is 0. The standard InChI is InChI=1S/C12H5Cl5/c13-7-3-1-6(2-4-7)8-5-9(14)11(16)12(17)10(8)15/h1-5H/i1D,3D,4D,5D. The molecule has 0 bridgehead atoms. The fourth-order valence-corrected chi connectivity index (χ4v) is 2.13. The lowest BCUT2D eigenvalue weighted by Crippen LogP contribution is -1.83.